The van der Waals surface area contributed by atoms with E-state index in [1.54, 1.807) is 0 Å². The Morgan fingerprint density at radius 3 is 1.73 bits per heavy atom. The number of aliphatic hydroxyl groups excluding tert-OH is 3. The third-order valence-corrected chi connectivity index (χ3v) is 4.32. The van der Waals surface area contributed by atoms with E-state index in [1.807, 2.05) is 7.05 Å². The van der Waals surface area contributed by atoms with Crippen LogP contribution in [0.25, 0.3) is 0 Å². The summed E-state index contributed by atoms with van der Waals surface area (Å²) in [4.78, 5) is 0. The van der Waals surface area contributed by atoms with Crippen molar-refractivity contribution in [3.05, 3.63) is 0 Å². The Morgan fingerprint density at radius 1 is 0.818 bits per heavy atom. The van der Waals surface area contributed by atoms with Crippen LogP contribution in [0.4, 0.5) is 0 Å². The number of nitrogens with zero attached hydrogens (tertiary/aromatic N) is 1. The van der Waals surface area contributed by atoms with Gasteiger partial charge >= 0.3 is 0 Å². The van der Waals surface area contributed by atoms with Gasteiger partial charge < -0.3 is 24.5 Å². The molecule has 0 saturated heterocycles. The highest BCUT2D eigenvalue weighted by molar-refractivity contribution is 4.57. The van der Waals surface area contributed by atoms with Gasteiger partial charge in [-0.15, -0.1) is 0 Å². The molecule has 0 spiro atoms. The van der Waals surface area contributed by atoms with Gasteiger partial charge in [-0.05, 0) is 6.42 Å². The Kier molecular flexibility index (Phi) is 17.1. The smallest absolute Gasteiger partial charge is 0.105 e. The fourth-order valence-corrected chi connectivity index (χ4v) is 2.89. The molecule has 5 heteroatoms. The van der Waals surface area contributed by atoms with Gasteiger partial charge in [-0.2, -0.15) is 0 Å². The molecule has 0 aromatic carbocycles. The highest BCUT2D eigenvalue weighted by Gasteiger charge is 2.24. The molecule has 0 amide bonds. The van der Waals surface area contributed by atoms with E-state index in [2.05, 4.69) is 6.92 Å². The van der Waals surface area contributed by atoms with E-state index < -0.39 is 0 Å². The van der Waals surface area contributed by atoms with Crippen LogP contribution in [0.15, 0.2) is 0 Å². The summed E-state index contributed by atoms with van der Waals surface area (Å²) in [5.41, 5.74) is 0. The van der Waals surface area contributed by atoms with Crippen molar-refractivity contribution in [2.24, 2.45) is 0 Å². The molecule has 0 aliphatic rings. The highest BCUT2D eigenvalue weighted by Crippen LogP contribution is 2.12. The summed E-state index contributed by atoms with van der Waals surface area (Å²) in [6.45, 7) is 4.24. The van der Waals surface area contributed by atoms with Crippen molar-refractivity contribution in [3.63, 3.8) is 0 Å². The second kappa shape index (κ2) is 15.7. The summed E-state index contributed by atoms with van der Waals surface area (Å²) in [6.07, 6.45) is 10.7. The molecule has 0 aliphatic carbocycles. The van der Waals surface area contributed by atoms with Crippen LogP contribution in [0.5, 0.6) is 0 Å². The molecule has 0 aliphatic heterocycles. The van der Waals surface area contributed by atoms with E-state index in [0.29, 0.717) is 24.1 Å². The van der Waals surface area contributed by atoms with Gasteiger partial charge in [-0.25, -0.2) is 0 Å². The molecule has 0 aromatic rings. The maximum Gasteiger partial charge on any atom is 0.105 e. The molecular weight excluding hydrogens is 285 g/mol. The summed E-state index contributed by atoms with van der Waals surface area (Å²) in [7, 11) is 1.99. The van der Waals surface area contributed by atoms with E-state index >= 15 is 0 Å². The average molecular weight is 323 g/mol. The molecule has 136 valence electrons. The van der Waals surface area contributed by atoms with Gasteiger partial charge in [0.05, 0.1) is 20.3 Å². The van der Waals surface area contributed by atoms with Crippen LogP contribution in [0, 0.1) is 0 Å². The second-order valence-corrected chi connectivity index (χ2v) is 6.61. The fraction of sp³-hybridized carbons (Fsp3) is 1.00. The van der Waals surface area contributed by atoms with Crippen LogP contribution in [-0.2, 0) is 0 Å². The molecule has 3 N–H and O–H groups in total. The zero-order chi connectivity index (χ0) is 16.0. The molecule has 0 rings (SSSR count). The van der Waals surface area contributed by atoms with Gasteiger partial charge in [-0.3, -0.25) is 0 Å². The topological polar surface area (TPSA) is 60.7 Å². The Balaban J connectivity index is 0. The van der Waals surface area contributed by atoms with Gasteiger partial charge in [0, 0.05) is 0 Å². The molecule has 0 bridgehead atoms. The molecule has 1 unspecified atom stereocenters. The van der Waals surface area contributed by atoms with Crippen LogP contribution in [-0.4, -0.2) is 65.8 Å². The Hall–Kier alpha value is -0.230. The predicted molar refractivity (Wildman–Crippen MR) is 88.2 cm³/mol. The van der Waals surface area contributed by atoms with Crippen molar-refractivity contribution in [1.82, 2.24) is 0 Å². The summed E-state index contributed by atoms with van der Waals surface area (Å²) in [5.74, 6) is 0. The first kappa shape index (κ1) is 24.0. The average Bonchev–Trinajstić information content (AvgIpc) is 2.42. The lowest BCUT2D eigenvalue weighted by atomic mass is 10.1. The van der Waals surface area contributed by atoms with E-state index in [9.17, 15) is 5.11 Å². The largest absolute Gasteiger partial charge is 1.00 e. The van der Waals surface area contributed by atoms with E-state index in [-0.39, 0.29) is 24.0 Å². The summed E-state index contributed by atoms with van der Waals surface area (Å²) in [6, 6.07) is 0. The van der Waals surface area contributed by atoms with E-state index in [1.165, 1.54) is 44.9 Å². The molecule has 0 radical (unpaired) electrons. The first-order valence-electron chi connectivity index (χ1n) is 8.81. The monoisotopic (exact) mass is 323 g/mol. The molecule has 4 nitrogen and oxygen atoms in total. The maximum absolute atomic E-state index is 10.1. The zero-order valence-corrected chi connectivity index (χ0v) is 14.6. The number of likely N-dealkylation sites (N-methyl/N-ethyl adjacent to an activating group) is 1. The van der Waals surface area contributed by atoms with Crippen molar-refractivity contribution in [2.45, 2.75) is 70.8 Å². The Labute approximate surface area is 136 Å². The van der Waals surface area contributed by atoms with Gasteiger partial charge in [0.1, 0.15) is 25.7 Å². The van der Waals surface area contributed by atoms with E-state index in [0.717, 1.165) is 12.8 Å². The van der Waals surface area contributed by atoms with Crippen molar-refractivity contribution in [1.29, 1.82) is 0 Å². The number of aliphatic hydroxyl groups is 3. The summed E-state index contributed by atoms with van der Waals surface area (Å²) >= 11 is 0. The highest BCUT2D eigenvalue weighted by atomic mass is 19.0. The Morgan fingerprint density at radius 2 is 1.27 bits per heavy atom. The molecule has 22 heavy (non-hydrogen) atoms. The quantitative estimate of drug-likeness (QED) is 0.276. The van der Waals surface area contributed by atoms with Crippen LogP contribution >= 0.6 is 0 Å². The lowest BCUT2D eigenvalue weighted by molar-refractivity contribution is -0.913. The summed E-state index contributed by atoms with van der Waals surface area (Å²) < 4.78 is 0.547. The van der Waals surface area contributed by atoms with Gasteiger partial charge in [0.2, 0.25) is 0 Å². The van der Waals surface area contributed by atoms with Crippen LogP contribution in [0.1, 0.15) is 64.7 Å². The third kappa shape index (κ3) is 13.4. The van der Waals surface area contributed by atoms with Crippen molar-refractivity contribution < 1.29 is 24.5 Å². The zero-order valence-electron chi connectivity index (χ0n) is 14.6. The van der Waals surface area contributed by atoms with Gasteiger partial charge in [0.25, 0.3) is 0 Å². The number of unbranched alkanes of at least 4 members (excludes halogenated alkanes) is 7. The Bertz CT molecular complexity index is 224. The van der Waals surface area contributed by atoms with Gasteiger partial charge in [0.15, 0.2) is 0 Å². The fourth-order valence-electron chi connectivity index (χ4n) is 2.89. The first-order valence-corrected chi connectivity index (χ1v) is 8.81. The number of hydrogen-bond acceptors (Lipinski definition) is 3. The lowest BCUT2D eigenvalue weighted by Crippen LogP contribution is -3.00. The number of quaternary nitrogens is 1. The molecule has 0 aromatic heterocycles. The minimum Gasteiger partial charge on any atom is -1.00 e. The lowest BCUT2D eigenvalue weighted by Gasteiger charge is -2.35. The van der Waals surface area contributed by atoms with Crippen LogP contribution in [0.2, 0.25) is 0 Å². The SMILES string of the molecule is CCCCCCCCCCC(O)C[N+](C)(CCO)CCO.[F-]. The molecule has 1 atom stereocenters. The molecule has 0 saturated carbocycles. The molecule has 0 heterocycles. The minimum atomic E-state index is -0.326. The third-order valence-electron chi connectivity index (χ3n) is 4.32. The molecular formula is C17H38FNO3. The number of halogens is 1. The van der Waals surface area contributed by atoms with Gasteiger partial charge in [-0.1, -0.05) is 58.3 Å². The second-order valence-electron chi connectivity index (χ2n) is 6.61. The summed E-state index contributed by atoms with van der Waals surface area (Å²) in [5, 5.41) is 28.3. The van der Waals surface area contributed by atoms with Crippen molar-refractivity contribution in [3.8, 4) is 0 Å². The van der Waals surface area contributed by atoms with Crippen LogP contribution < -0.4 is 4.70 Å². The predicted octanol–water partition coefficient (Wildman–Crippen LogP) is -0.687. The van der Waals surface area contributed by atoms with Crippen molar-refractivity contribution >= 4 is 0 Å². The molecule has 0 fully saturated rings. The minimum absolute atomic E-state index is 0. The number of hydrogen-bond donors (Lipinski definition) is 3. The first-order chi connectivity index (χ1) is 10.1. The van der Waals surface area contributed by atoms with Crippen LogP contribution in [0.3, 0.4) is 0 Å². The normalized spacial score (nSPS) is 13.0. The standard InChI is InChI=1S/C17H38NO3.FH/c1-3-4-5-6-7-8-9-10-11-17(21)16-18(2,12-14-19)13-15-20;/h17,19-21H,3-16H2,1-2H3;1H/q+1;/p-1. The number of rotatable bonds is 15. The van der Waals surface area contributed by atoms with E-state index in [4.69, 9.17) is 10.2 Å². The van der Waals surface area contributed by atoms with Crippen molar-refractivity contribution in [2.75, 3.05) is 39.9 Å². The maximum atomic E-state index is 10.1.